The normalized spacial score (nSPS) is 12.1. The number of ether oxygens (including phenoxy) is 2. The van der Waals surface area contributed by atoms with E-state index >= 15 is 0 Å². The molecule has 1 N–H and O–H groups in total. The van der Waals surface area contributed by atoms with Crippen LogP contribution >= 0.6 is 0 Å². The molecule has 0 bridgehead atoms. The first-order valence-electron chi connectivity index (χ1n) is 8.17. The second-order valence-corrected chi connectivity index (χ2v) is 5.77. The fraction of sp³-hybridized carbons (Fsp3) is 0.250. The average Bonchev–Trinajstić information content (AvgIpc) is 3.03. The van der Waals surface area contributed by atoms with Crippen LogP contribution in [0.3, 0.4) is 0 Å². The number of carboxylic acids is 1. The van der Waals surface area contributed by atoms with Crippen molar-refractivity contribution in [3.8, 4) is 11.5 Å². The molecular weight excluding hydrogens is 320 g/mol. The number of fused-ring (bicyclic) bond motifs is 1. The molecular formula is C20H20O5. The maximum atomic E-state index is 11.2. The fourth-order valence-electron chi connectivity index (χ4n) is 2.60. The van der Waals surface area contributed by atoms with Crippen molar-refractivity contribution in [2.75, 3.05) is 6.61 Å². The van der Waals surface area contributed by atoms with Gasteiger partial charge in [0, 0.05) is 17.0 Å². The Hall–Kier alpha value is -2.95. The smallest absolute Gasteiger partial charge is 0.310 e. The Labute approximate surface area is 145 Å². The third-order valence-corrected chi connectivity index (χ3v) is 4.05. The summed E-state index contributed by atoms with van der Waals surface area (Å²) in [5, 5.41) is 9.95. The van der Waals surface area contributed by atoms with Crippen LogP contribution < -0.4 is 9.47 Å². The molecule has 0 spiro atoms. The number of carboxylic acid groups (broad SMARTS) is 1. The zero-order chi connectivity index (χ0) is 17.8. The van der Waals surface area contributed by atoms with Gasteiger partial charge >= 0.3 is 5.97 Å². The second-order valence-electron chi connectivity index (χ2n) is 5.77. The third kappa shape index (κ3) is 3.76. The van der Waals surface area contributed by atoms with Gasteiger partial charge in [-0.15, -0.1) is 0 Å². The van der Waals surface area contributed by atoms with Gasteiger partial charge in [0.1, 0.15) is 23.7 Å². The fourth-order valence-corrected chi connectivity index (χ4v) is 2.60. The summed E-state index contributed by atoms with van der Waals surface area (Å²) in [4.78, 5) is 11.2. The molecule has 0 radical (unpaired) electrons. The maximum Gasteiger partial charge on any atom is 0.310 e. The predicted octanol–water partition coefficient (Wildman–Crippen LogP) is 4.60. The van der Waals surface area contributed by atoms with Gasteiger partial charge in [-0.3, -0.25) is 4.79 Å². The summed E-state index contributed by atoms with van der Waals surface area (Å²) in [6.07, 6.45) is 1.50. The molecule has 0 aliphatic heterocycles. The lowest BCUT2D eigenvalue weighted by atomic mass is 10.0. The van der Waals surface area contributed by atoms with E-state index < -0.39 is 11.9 Å². The Kier molecular flexibility index (Phi) is 4.93. The summed E-state index contributed by atoms with van der Waals surface area (Å²) in [6, 6.07) is 13.2. The van der Waals surface area contributed by atoms with E-state index in [-0.39, 0.29) is 0 Å². The molecule has 3 rings (SSSR count). The molecule has 1 atom stereocenters. The average molecular weight is 340 g/mol. The molecule has 0 aliphatic carbocycles. The Morgan fingerprint density at radius 1 is 1.12 bits per heavy atom. The van der Waals surface area contributed by atoms with E-state index in [4.69, 9.17) is 19.0 Å². The van der Waals surface area contributed by atoms with E-state index in [1.54, 1.807) is 13.0 Å². The largest absolute Gasteiger partial charge is 0.494 e. The van der Waals surface area contributed by atoms with Gasteiger partial charge in [0.05, 0.1) is 18.8 Å². The lowest BCUT2D eigenvalue weighted by molar-refractivity contribution is -0.138. The highest BCUT2D eigenvalue weighted by molar-refractivity contribution is 5.88. The first kappa shape index (κ1) is 16.9. The van der Waals surface area contributed by atoms with Crippen molar-refractivity contribution in [3.63, 3.8) is 0 Å². The van der Waals surface area contributed by atoms with Crippen LogP contribution in [0, 0.1) is 0 Å². The highest BCUT2D eigenvalue weighted by Gasteiger charge is 2.19. The maximum absolute atomic E-state index is 11.2. The number of rotatable bonds is 7. The molecule has 3 aromatic rings. The molecule has 0 aliphatic rings. The summed E-state index contributed by atoms with van der Waals surface area (Å²) in [7, 11) is 0. The zero-order valence-corrected chi connectivity index (χ0v) is 14.2. The van der Waals surface area contributed by atoms with Gasteiger partial charge in [0.2, 0.25) is 0 Å². The lowest BCUT2D eigenvalue weighted by Gasteiger charge is -2.08. The SMILES string of the molecule is CCOc1ccc(COc2ccc3c(C(C)C(=O)O)coc3c2)cc1. The van der Waals surface area contributed by atoms with Gasteiger partial charge in [-0.2, -0.15) is 0 Å². The highest BCUT2D eigenvalue weighted by atomic mass is 16.5. The molecule has 0 amide bonds. The van der Waals surface area contributed by atoms with E-state index in [9.17, 15) is 4.79 Å². The Balaban J connectivity index is 1.71. The number of hydrogen-bond donors (Lipinski definition) is 1. The van der Waals surface area contributed by atoms with E-state index in [1.807, 2.05) is 43.3 Å². The minimum absolute atomic E-state index is 0.428. The minimum Gasteiger partial charge on any atom is -0.494 e. The summed E-state index contributed by atoms with van der Waals surface area (Å²) in [5.74, 6) is 0.0176. The standard InChI is InChI=1S/C20H20O5/c1-3-23-15-6-4-14(5-7-15)11-24-16-8-9-17-18(13(2)20(21)22)12-25-19(17)10-16/h4-10,12-13H,3,11H2,1-2H3,(H,21,22). The van der Waals surface area contributed by atoms with Gasteiger partial charge in [-0.25, -0.2) is 0 Å². The van der Waals surface area contributed by atoms with Crippen LogP contribution in [0.5, 0.6) is 11.5 Å². The molecule has 0 saturated heterocycles. The van der Waals surface area contributed by atoms with Crippen LogP contribution in [0.1, 0.15) is 30.9 Å². The number of hydrogen-bond acceptors (Lipinski definition) is 4. The summed E-state index contributed by atoms with van der Waals surface area (Å²) in [6.45, 7) is 4.66. The van der Waals surface area contributed by atoms with E-state index in [1.165, 1.54) is 6.26 Å². The Morgan fingerprint density at radius 2 is 1.84 bits per heavy atom. The van der Waals surface area contributed by atoms with Gasteiger partial charge in [-0.05, 0) is 43.7 Å². The van der Waals surface area contributed by atoms with Crippen LogP contribution in [0.4, 0.5) is 0 Å². The number of carbonyl (C=O) groups is 1. The predicted molar refractivity (Wildman–Crippen MR) is 94.2 cm³/mol. The summed E-state index contributed by atoms with van der Waals surface area (Å²) < 4.78 is 16.7. The van der Waals surface area contributed by atoms with Crippen molar-refractivity contribution >= 4 is 16.9 Å². The van der Waals surface area contributed by atoms with E-state index in [0.29, 0.717) is 30.1 Å². The number of benzene rings is 2. The van der Waals surface area contributed by atoms with Gasteiger partial charge in [0.15, 0.2) is 0 Å². The van der Waals surface area contributed by atoms with Gasteiger partial charge < -0.3 is 19.0 Å². The summed E-state index contributed by atoms with van der Waals surface area (Å²) >= 11 is 0. The molecule has 130 valence electrons. The number of furan rings is 1. The summed E-state index contributed by atoms with van der Waals surface area (Å²) in [5.41, 5.74) is 2.32. The van der Waals surface area contributed by atoms with Crippen LogP contribution in [0.15, 0.2) is 53.1 Å². The highest BCUT2D eigenvalue weighted by Crippen LogP contribution is 2.30. The van der Waals surface area contributed by atoms with E-state index in [0.717, 1.165) is 16.7 Å². The third-order valence-electron chi connectivity index (χ3n) is 4.05. The van der Waals surface area contributed by atoms with Crippen LogP contribution in [-0.4, -0.2) is 17.7 Å². The van der Waals surface area contributed by atoms with E-state index in [2.05, 4.69) is 0 Å². The van der Waals surface area contributed by atoms with Gasteiger partial charge in [0.25, 0.3) is 0 Å². The second kappa shape index (κ2) is 7.30. The van der Waals surface area contributed by atoms with Crippen LogP contribution in [0.2, 0.25) is 0 Å². The molecule has 25 heavy (non-hydrogen) atoms. The van der Waals surface area contributed by atoms with Crippen molar-refractivity contribution in [3.05, 3.63) is 59.9 Å². The lowest BCUT2D eigenvalue weighted by Crippen LogP contribution is -2.06. The van der Waals surface area contributed by atoms with Crippen LogP contribution in [-0.2, 0) is 11.4 Å². The topological polar surface area (TPSA) is 68.9 Å². The molecule has 0 fully saturated rings. The Morgan fingerprint density at radius 3 is 2.52 bits per heavy atom. The van der Waals surface area contributed by atoms with Crippen molar-refractivity contribution in [1.82, 2.24) is 0 Å². The molecule has 1 aromatic heterocycles. The quantitative estimate of drug-likeness (QED) is 0.681. The zero-order valence-electron chi connectivity index (χ0n) is 14.2. The molecule has 1 heterocycles. The molecule has 0 saturated carbocycles. The number of aliphatic carboxylic acids is 1. The molecule has 2 aromatic carbocycles. The van der Waals surface area contributed by atoms with Crippen molar-refractivity contribution in [2.45, 2.75) is 26.4 Å². The first-order chi connectivity index (χ1) is 12.1. The van der Waals surface area contributed by atoms with Crippen LogP contribution in [0.25, 0.3) is 11.0 Å². The molecule has 5 heteroatoms. The molecule has 1 unspecified atom stereocenters. The molecule has 5 nitrogen and oxygen atoms in total. The van der Waals surface area contributed by atoms with Crippen molar-refractivity contribution in [2.24, 2.45) is 0 Å². The minimum atomic E-state index is -0.876. The first-order valence-corrected chi connectivity index (χ1v) is 8.17. The van der Waals surface area contributed by atoms with Crippen molar-refractivity contribution < 1.29 is 23.8 Å². The Bertz CT molecular complexity index is 863. The monoisotopic (exact) mass is 340 g/mol. The van der Waals surface area contributed by atoms with Gasteiger partial charge in [-0.1, -0.05) is 12.1 Å². The van der Waals surface area contributed by atoms with Crippen molar-refractivity contribution in [1.29, 1.82) is 0 Å².